The maximum absolute atomic E-state index is 8.38. The fourth-order valence-corrected chi connectivity index (χ4v) is 1.36. The normalized spacial score (nSPS) is 11.5. The predicted octanol–water partition coefficient (Wildman–Crippen LogP) is 1.31. The molecule has 0 unspecified atom stereocenters. The highest BCUT2D eigenvalue weighted by Gasteiger charge is 2.06. The van der Waals surface area contributed by atoms with Crippen LogP contribution in [-0.2, 0) is 0 Å². The van der Waals surface area contributed by atoms with E-state index in [0.717, 1.165) is 0 Å². The maximum Gasteiger partial charge on any atom is 0.147 e. The van der Waals surface area contributed by atoms with Gasteiger partial charge in [0.15, 0.2) is 0 Å². The Hall–Kier alpha value is -1.49. The van der Waals surface area contributed by atoms with Crippen molar-refractivity contribution in [3.63, 3.8) is 0 Å². The maximum atomic E-state index is 8.38. The second-order valence-electron chi connectivity index (χ2n) is 3.07. The van der Waals surface area contributed by atoms with E-state index in [1.807, 2.05) is 11.9 Å². The molecule has 6 heteroatoms. The van der Waals surface area contributed by atoms with Gasteiger partial charge in [-0.15, -0.1) is 0 Å². The molecule has 15 heavy (non-hydrogen) atoms. The van der Waals surface area contributed by atoms with Crippen LogP contribution in [0.5, 0.6) is 0 Å². The molecule has 0 aromatic carbocycles. The minimum atomic E-state index is 0.189. The van der Waals surface area contributed by atoms with Crippen LogP contribution in [0, 0.1) is 0 Å². The van der Waals surface area contributed by atoms with Gasteiger partial charge in [-0.25, -0.2) is 4.98 Å². The molecule has 1 rings (SSSR count). The number of aromatic nitrogens is 1. The molecule has 0 saturated carbocycles. The highest BCUT2D eigenvalue weighted by atomic mass is 35.5. The van der Waals surface area contributed by atoms with Gasteiger partial charge in [0.2, 0.25) is 0 Å². The molecule has 0 bridgehead atoms. The zero-order chi connectivity index (χ0) is 11.3. The molecular formula is C9H13ClN4O. The topological polar surface area (TPSA) is 74.7 Å². The van der Waals surface area contributed by atoms with Gasteiger partial charge in [-0.05, 0) is 12.1 Å². The smallest absolute Gasteiger partial charge is 0.147 e. The van der Waals surface area contributed by atoms with E-state index in [-0.39, 0.29) is 5.84 Å². The number of hydrogen-bond donors (Lipinski definition) is 2. The first-order valence-electron chi connectivity index (χ1n) is 4.43. The molecule has 1 heterocycles. The lowest BCUT2D eigenvalue weighted by Gasteiger charge is -2.18. The van der Waals surface area contributed by atoms with Gasteiger partial charge in [-0.2, -0.15) is 0 Å². The van der Waals surface area contributed by atoms with Crippen molar-refractivity contribution in [3.05, 3.63) is 23.4 Å². The minimum Gasteiger partial charge on any atom is -0.409 e. The molecule has 0 fully saturated rings. The highest BCUT2D eigenvalue weighted by Crippen LogP contribution is 2.20. The molecule has 0 aliphatic heterocycles. The van der Waals surface area contributed by atoms with E-state index >= 15 is 0 Å². The molecule has 0 radical (unpaired) electrons. The summed E-state index contributed by atoms with van der Waals surface area (Å²) in [5.74, 6) is 0.874. The fourth-order valence-electron chi connectivity index (χ4n) is 1.10. The molecule has 0 spiro atoms. The third kappa shape index (κ3) is 3.28. The molecule has 1 aromatic rings. The zero-order valence-corrected chi connectivity index (χ0v) is 9.15. The zero-order valence-electron chi connectivity index (χ0n) is 8.39. The molecule has 0 atom stereocenters. The van der Waals surface area contributed by atoms with E-state index in [9.17, 15) is 0 Å². The van der Waals surface area contributed by atoms with Crippen molar-refractivity contribution in [2.24, 2.45) is 10.9 Å². The van der Waals surface area contributed by atoms with Crippen LogP contribution < -0.4 is 10.6 Å². The number of oxime groups is 1. The summed E-state index contributed by atoms with van der Waals surface area (Å²) in [6.07, 6.45) is 2.13. The molecule has 1 aromatic heterocycles. The predicted molar refractivity (Wildman–Crippen MR) is 60.5 cm³/mol. The van der Waals surface area contributed by atoms with Crippen LogP contribution >= 0.6 is 11.6 Å². The Morgan fingerprint density at radius 1 is 1.73 bits per heavy atom. The van der Waals surface area contributed by atoms with Crippen molar-refractivity contribution in [3.8, 4) is 0 Å². The summed E-state index contributed by atoms with van der Waals surface area (Å²) in [4.78, 5) is 5.98. The molecule has 82 valence electrons. The minimum absolute atomic E-state index is 0.189. The van der Waals surface area contributed by atoms with E-state index in [1.54, 1.807) is 18.3 Å². The molecule has 0 aliphatic carbocycles. The summed E-state index contributed by atoms with van der Waals surface area (Å²) in [7, 11) is 1.85. The highest BCUT2D eigenvalue weighted by molar-refractivity contribution is 6.32. The molecule has 0 aliphatic rings. The second kappa shape index (κ2) is 5.41. The van der Waals surface area contributed by atoms with Gasteiger partial charge < -0.3 is 15.8 Å². The molecular weight excluding hydrogens is 216 g/mol. The van der Waals surface area contributed by atoms with E-state index in [0.29, 0.717) is 23.8 Å². The Balaban J connectivity index is 2.61. The largest absolute Gasteiger partial charge is 0.409 e. The van der Waals surface area contributed by atoms with Crippen LogP contribution in [0.15, 0.2) is 23.5 Å². The lowest BCUT2D eigenvalue weighted by Crippen LogP contribution is -2.25. The second-order valence-corrected chi connectivity index (χ2v) is 3.48. The van der Waals surface area contributed by atoms with Crippen LogP contribution in [0.2, 0.25) is 5.02 Å². The Morgan fingerprint density at radius 2 is 2.47 bits per heavy atom. The Labute approximate surface area is 93.2 Å². The van der Waals surface area contributed by atoms with Crippen molar-refractivity contribution in [1.29, 1.82) is 0 Å². The molecule has 3 N–H and O–H groups in total. The van der Waals surface area contributed by atoms with E-state index in [2.05, 4.69) is 10.1 Å². The Kier molecular flexibility index (Phi) is 4.17. The monoisotopic (exact) mass is 228 g/mol. The van der Waals surface area contributed by atoms with Gasteiger partial charge in [-0.1, -0.05) is 16.8 Å². The first-order valence-corrected chi connectivity index (χ1v) is 4.81. The van der Waals surface area contributed by atoms with E-state index < -0.39 is 0 Å². The van der Waals surface area contributed by atoms with E-state index in [1.165, 1.54) is 0 Å². The van der Waals surface area contributed by atoms with Crippen molar-refractivity contribution in [1.82, 2.24) is 4.98 Å². The SMILES string of the molecule is CN(CC/C(N)=N/O)c1ncccc1Cl. The molecule has 5 nitrogen and oxygen atoms in total. The number of hydrogen-bond acceptors (Lipinski definition) is 4. The first kappa shape index (κ1) is 11.6. The van der Waals surface area contributed by atoms with Gasteiger partial charge in [0.1, 0.15) is 11.7 Å². The lowest BCUT2D eigenvalue weighted by molar-refractivity contribution is 0.317. The van der Waals surface area contributed by atoms with Gasteiger partial charge >= 0.3 is 0 Å². The van der Waals surface area contributed by atoms with Crippen LogP contribution in [0.3, 0.4) is 0 Å². The van der Waals surface area contributed by atoms with E-state index in [4.69, 9.17) is 22.5 Å². The van der Waals surface area contributed by atoms with Crippen molar-refractivity contribution in [2.45, 2.75) is 6.42 Å². The third-order valence-corrected chi connectivity index (χ3v) is 2.23. The van der Waals surface area contributed by atoms with Gasteiger partial charge in [0, 0.05) is 26.2 Å². The van der Waals surface area contributed by atoms with Crippen LogP contribution in [-0.4, -0.2) is 29.6 Å². The van der Waals surface area contributed by atoms with Crippen LogP contribution in [0.1, 0.15) is 6.42 Å². The number of rotatable bonds is 4. The summed E-state index contributed by atoms with van der Waals surface area (Å²) in [6.45, 7) is 0.590. The molecule has 0 amide bonds. The van der Waals surface area contributed by atoms with Crippen LogP contribution in [0.4, 0.5) is 5.82 Å². The van der Waals surface area contributed by atoms with Gasteiger partial charge in [0.25, 0.3) is 0 Å². The first-order chi connectivity index (χ1) is 7.15. The Morgan fingerprint density at radius 3 is 3.07 bits per heavy atom. The number of nitrogens with two attached hydrogens (primary N) is 1. The average Bonchev–Trinajstić information content (AvgIpc) is 2.26. The van der Waals surface area contributed by atoms with Crippen molar-refractivity contribution in [2.75, 3.05) is 18.5 Å². The third-order valence-electron chi connectivity index (χ3n) is 1.93. The summed E-state index contributed by atoms with van der Waals surface area (Å²) in [6, 6.07) is 3.53. The summed E-state index contributed by atoms with van der Waals surface area (Å²) < 4.78 is 0. The quantitative estimate of drug-likeness (QED) is 0.353. The van der Waals surface area contributed by atoms with Crippen molar-refractivity contribution < 1.29 is 5.21 Å². The number of anilines is 1. The Bertz CT molecular complexity index is 356. The molecule has 0 saturated heterocycles. The standard InChI is InChI=1S/C9H13ClN4O/c1-14(6-4-8(11)13-15)9-7(10)3-2-5-12-9/h2-3,5,15H,4,6H2,1H3,(H2,11,13). The average molecular weight is 229 g/mol. The lowest BCUT2D eigenvalue weighted by atomic mass is 10.3. The van der Waals surface area contributed by atoms with Crippen LogP contribution in [0.25, 0.3) is 0 Å². The number of pyridine rings is 1. The number of amidine groups is 1. The number of nitrogens with zero attached hydrogens (tertiary/aromatic N) is 3. The fraction of sp³-hybridized carbons (Fsp3) is 0.333. The summed E-state index contributed by atoms with van der Waals surface area (Å²) >= 11 is 5.95. The van der Waals surface area contributed by atoms with Crippen molar-refractivity contribution >= 4 is 23.3 Å². The number of halogens is 1. The summed E-state index contributed by atoms with van der Waals surface area (Å²) in [5.41, 5.74) is 5.36. The summed E-state index contributed by atoms with van der Waals surface area (Å²) in [5, 5.41) is 11.8. The van der Waals surface area contributed by atoms with Gasteiger partial charge in [-0.3, -0.25) is 0 Å². The van der Waals surface area contributed by atoms with Gasteiger partial charge in [0.05, 0.1) is 5.02 Å².